The Hall–Kier alpha value is 1.62. The third-order valence-corrected chi connectivity index (χ3v) is 9.05. The van der Waals surface area contributed by atoms with E-state index in [2.05, 4.69) is 0 Å². The van der Waals surface area contributed by atoms with Crippen LogP contribution in [0.1, 0.15) is 62.3 Å². The summed E-state index contributed by atoms with van der Waals surface area (Å²) in [5.41, 5.74) is -0.592. The Labute approximate surface area is 135 Å². The van der Waals surface area contributed by atoms with Gasteiger partial charge >= 0.3 is 110 Å². The smallest absolute Gasteiger partial charge is 0 e. The minimum Gasteiger partial charge on any atom is 0 e. The molecule has 0 heterocycles. The molecule has 17 heavy (non-hydrogen) atoms. The molecule has 0 N–H and O–H groups in total. The number of hydrogen-bond acceptors (Lipinski definition) is 3. The first-order chi connectivity index (χ1) is 6.79. The van der Waals surface area contributed by atoms with Crippen LogP contribution in [0.4, 0.5) is 0 Å². The van der Waals surface area contributed by atoms with Gasteiger partial charge in [0.15, 0.2) is 0 Å². The van der Waals surface area contributed by atoms with Crippen LogP contribution in [0.2, 0.25) is 0 Å². The fourth-order valence-electron chi connectivity index (χ4n) is 0.938. The first-order valence-electron chi connectivity index (χ1n) is 5.82. The SMILES string of the molecule is CC(C)(C)[O][In]([O]C(C)(C)C)[O]C(C)(C)C.[In]. The maximum atomic E-state index is 5.96. The molecular formula is C12H27In2O3. The van der Waals surface area contributed by atoms with Gasteiger partial charge in [0.25, 0.3) is 0 Å². The van der Waals surface area contributed by atoms with Gasteiger partial charge in [0.05, 0.1) is 0 Å². The van der Waals surface area contributed by atoms with Crippen molar-refractivity contribution in [1.82, 2.24) is 0 Å². The second-order valence-corrected chi connectivity index (χ2v) is 10.6. The zero-order valence-electron chi connectivity index (χ0n) is 12.9. The van der Waals surface area contributed by atoms with Crippen molar-refractivity contribution in [1.29, 1.82) is 0 Å². The molecule has 0 saturated heterocycles. The van der Waals surface area contributed by atoms with Gasteiger partial charge in [-0.1, -0.05) is 0 Å². The molecule has 0 aliphatic heterocycles. The average Bonchev–Trinajstić information content (AvgIpc) is 1.70. The van der Waals surface area contributed by atoms with Gasteiger partial charge in [-0.05, 0) is 0 Å². The Bertz CT molecular complexity index is 173. The molecule has 99 valence electrons. The van der Waals surface area contributed by atoms with E-state index in [1.54, 1.807) is 0 Å². The minimum atomic E-state index is -2.86. The number of rotatable bonds is 3. The standard InChI is InChI=1S/3C4H9O.2In/c3*1-4(2,3)5;;/h3*1-3H3;;/q3*-1;;+3. The third kappa shape index (κ3) is 15.6. The van der Waals surface area contributed by atoms with Gasteiger partial charge in [0.1, 0.15) is 0 Å². The van der Waals surface area contributed by atoms with Gasteiger partial charge in [-0.3, -0.25) is 0 Å². The van der Waals surface area contributed by atoms with Crippen LogP contribution >= 0.6 is 0 Å². The zero-order valence-corrected chi connectivity index (χ0v) is 19.5. The van der Waals surface area contributed by atoms with Crippen molar-refractivity contribution in [2.45, 2.75) is 79.1 Å². The molecule has 0 unspecified atom stereocenters. The topological polar surface area (TPSA) is 27.7 Å². The van der Waals surface area contributed by atoms with Crippen LogP contribution in [0.3, 0.4) is 0 Å². The molecule has 0 aromatic carbocycles. The molecule has 0 aromatic rings. The molecule has 0 saturated carbocycles. The predicted octanol–water partition coefficient (Wildman–Crippen LogP) is 3.04. The van der Waals surface area contributed by atoms with Crippen LogP contribution in [0.15, 0.2) is 0 Å². The van der Waals surface area contributed by atoms with E-state index in [1.165, 1.54) is 0 Å². The second kappa shape index (κ2) is 7.42. The van der Waals surface area contributed by atoms with Gasteiger partial charge < -0.3 is 0 Å². The molecule has 0 amide bonds. The fraction of sp³-hybridized carbons (Fsp3) is 1.00. The summed E-state index contributed by atoms with van der Waals surface area (Å²) in [6.07, 6.45) is 0. The molecule has 0 bridgehead atoms. The molecule has 0 atom stereocenters. The molecule has 3 radical (unpaired) electrons. The van der Waals surface area contributed by atoms with Crippen molar-refractivity contribution in [3.05, 3.63) is 0 Å². The minimum absolute atomic E-state index is 0. The van der Waals surface area contributed by atoms with Crippen LogP contribution < -0.4 is 0 Å². The molecular weight excluding hydrogens is 422 g/mol. The van der Waals surface area contributed by atoms with Crippen molar-refractivity contribution in [3.8, 4) is 0 Å². The normalized spacial score (nSPS) is 13.2. The third-order valence-electron chi connectivity index (χ3n) is 1.35. The van der Waals surface area contributed by atoms with E-state index in [1.807, 2.05) is 62.3 Å². The second-order valence-electron chi connectivity index (χ2n) is 6.98. The van der Waals surface area contributed by atoms with E-state index < -0.39 is 22.7 Å². The fourth-order valence-corrected chi connectivity index (χ4v) is 6.29. The van der Waals surface area contributed by atoms with Gasteiger partial charge in [-0.25, -0.2) is 0 Å². The maximum Gasteiger partial charge on any atom is 0 e. The van der Waals surface area contributed by atoms with E-state index >= 15 is 0 Å². The van der Waals surface area contributed by atoms with E-state index in [0.717, 1.165) is 0 Å². The van der Waals surface area contributed by atoms with E-state index in [-0.39, 0.29) is 42.6 Å². The summed E-state index contributed by atoms with van der Waals surface area (Å²) in [6.45, 7) is 18.3. The maximum absolute atomic E-state index is 5.96. The molecule has 0 fully saturated rings. The Morgan fingerprint density at radius 3 is 0.824 bits per heavy atom. The summed E-state index contributed by atoms with van der Waals surface area (Å²) in [7, 11) is 0. The van der Waals surface area contributed by atoms with Crippen LogP contribution in [0, 0.1) is 0 Å². The van der Waals surface area contributed by atoms with Gasteiger partial charge in [-0.15, -0.1) is 0 Å². The van der Waals surface area contributed by atoms with Crippen molar-refractivity contribution in [3.63, 3.8) is 0 Å². The zero-order chi connectivity index (χ0) is 13.2. The molecule has 0 rings (SSSR count). The summed E-state index contributed by atoms with van der Waals surface area (Å²) >= 11 is -2.86. The van der Waals surface area contributed by atoms with Crippen LogP contribution in [0.5, 0.6) is 0 Å². The van der Waals surface area contributed by atoms with Crippen molar-refractivity contribution in [2.75, 3.05) is 0 Å². The Balaban J connectivity index is 0. The Morgan fingerprint density at radius 1 is 0.529 bits per heavy atom. The van der Waals surface area contributed by atoms with Crippen molar-refractivity contribution < 1.29 is 8.56 Å². The largest absolute Gasteiger partial charge is 0 e. The molecule has 0 aromatic heterocycles. The molecule has 0 spiro atoms. The first kappa shape index (κ1) is 20.9. The summed E-state index contributed by atoms with van der Waals surface area (Å²) < 4.78 is 17.9. The molecule has 3 nitrogen and oxygen atoms in total. The van der Waals surface area contributed by atoms with Crippen LogP contribution in [-0.2, 0) is 8.56 Å². The van der Waals surface area contributed by atoms with Gasteiger partial charge in [-0.2, -0.15) is 0 Å². The number of hydrogen-bond donors (Lipinski definition) is 0. The van der Waals surface area contributed by atoms with E-state index in [0.29, 0.717) is 0 Å². The van der Waals surface area contributed by atoms with E-state index in [9.17, 15) is 0 Å². The summed E-state index contributed by atoms with van der Waals surface area (Å²) in [5.74, 6) is 0. The van der Waals surface area contributed by atoms with Crippen molar-refractivity contribution >= 4 is 48.6 Å². The monoisotopic (exact) mass is 449 g/mol. The average molecular weight is 449 g/mol. The Kier molecular flexibility index (Phi) is 9.13. The quantitative estimate of drug-likeness (QED) is 0.664. The van der Waals surface area contributed by atoms with Crippen LogP contribution in [-0.4, -0.2) is 65.4 Å². The summed E-state index contributed by atoms with van der Waals surface area (Å²) in [5, 5.41) is 0. The summed E-state index contributed by atoms with van der Waals surface area (Å²) in [4.78, 5) is 0. The first-order valence-corrected chi connectivity index (χ1v) is 9.86. The van der Waals surface area contributed by atoms with Crippen molar-refractivity contribution in [2.24, 2.45) is 0 Å². The molecule has 0 aliphatic rings. The van der Waals surface area contributed by atoms with Gasteiger partial charge in [0, 0.05) is 25.8 Å². The predicted molar refractivity (Wildman–Crippen MR) is 74.0 cm³/mol. The Morgan fingerprint density at radius 2 is 0.706 bits per heavy atom. The van der Waals surface area contributed by atoms with E-state index in [4.69, 9.17) is 8.56 Å². The van der Waals surface area contributed by atoms with Crippen LogP contribution in [0.25, 0.3) is 0 Å². The molecule has 0 aliphatic carbocycles. The molecule has 5 heteroatoms. The summed E-state index contributed by atoms with van der Waals surface area (Å²) in [6, 6.07) is 0. The van der Waals surface area contributed by atoms with Gasteiger partial charge in [0.2, 0.25) is 0 Å².